The molecule has 0 saturated carbocycles. The van der Waals surface area contributed by atoms with Crippen molar-refractivity contribution < 1.29 is 19.4 Å². The molecule has 1 heterocycles. The lowest BCUT2D eigenvalue weighted by Crippen LogP contribution is -2.31. The summed E-state index contributed by atoms with van der Waals surface area (Å²) in [6.45, 7) is 4.58. The highest BCUT2D eigenvalue weighted by Crippen LogP contribution is 2.26. The van der Waals surface area contributed by atoms with Crippen molar-refractivity contribution in [1.29, 1.82) is 0 Å². The van der Waals surface area contributed by atoms with Crippen molar-refractivity contribution in [3.63, 3.8) is 0 Å². The Morgan fingerprint density at radius 1 is 1.13 bits per heavy atom. The number of aliphatic hydroxyl groups excluding tert-OH is 1. The Bertz CT molecular complexity index is 943. The van der Waals surface area contributed by atoms with E-state index in [0.29, 0.717) is 6.54 Å². The van der Waals surface area contributed by atoms with Crippen LogP contribution in [0.1, 0.15) is 18.1 Å². The first kappa shape index (κ1) is 22.5. The summed E-state index contributed by atoms with van der Waals surface area (Å²) in [6.07, 6.45) is 0. The number of nitrogens with one attached hydrogen (secondary N) is 1. The molecule has 0 atom stereocenters. The van der Waals surface area contributed by atoms with Gasteiger partial charge in [0.15, 0.2) is 0 Å². The molecule has 31 heavy (non-hydrogen) atoms. The van der Waals surface area contributed by atoms with E-state index in [1.165, 1.54) is 17.6 Å². The van der Waals surface area contributed by atoms with Gasteiger partial charge < -0.3 is 20.1 Å². The molecule has 2 aromatic carbocycles. The molecule has 0 spiro atoms. The first-order chi connectivity index (χ1) is 15.1. The second-order valence-corrected chi connectivity index (χ2v) is 7.37. The third-order valence-electron chi connectivity index (χ3n) is 5.32. The van der Waals surface area contributed by atoms with E-state index in [1.807, 2.05) is 42.5 Å². The van der Waals surface area contributed by atoms with Gasteiger partial charge in [-0.25, -0.2) is 4.79 Å². The number of carbonyl (C=O) groups is 2. The smallest absolute Gasteiger partial charge is 0.337 e. The fourth-order valence-corrected chi connectivity index (χ4v) is 3.63. The van der Waals surface area contributed by atoms with Gasteiger partial charge in [0, 0.05) is 25.3 Å². The van der Waals surface area contributed by atoms with Gasteiger partial charge in [-0.15, -0.1) is 0 Å². The summed E-state index contributed by atoms with van der Waals surface area (Å²) in [5.74, 6) is -0.867. The predicted octanol–water partition coefficient (Wildman–Crippen LogP) is 2.38. The number of ether oxygens (including phenoxy) is 1. The number of amides is 1. The number of β-amino-alcohol motifs (C(OH)–C–C–N with tert-alkyl or cyclic N) is 1. The highest BCUT2D eigenvalue weighted by atomic mass is 16.5. The topological polar surface area (TPSA) is 82.1 Å². The van der Waals surface area contributed by atoms with Crippen LogP contribution in [0.5, 0.6) is 0 Å². The van der Waals surface area contributed by atoms with Gasteiger partial charge in [-0.3, -0.25) is 9.69 Å². The molecule has 0 saturated heterocycles. The van der Waals surface area contributed by atoms with Crippen molar-refractivity contribution in [2.45, 2.75) is 20.0 Å². The van der Waals surface area contributed by atoms with Crippen molar-refractivity contribution in [3.05, 3.63) is 77.0 Å². The van der Waals surface area contributed by atoms with Crippen LogP contribution < -0.4 is 5.32 Å². The van der Waals surface area contributed by atoms with Crippen LogP contribution in [-0.2, 0) is 27.4 Å². The lowest BCUT2D eigenvalue weighted by Gasteiger charge is -2.23. The Labute approximate surface area is 182 Å². The van der Waals surface area contributed by atoms with E-state index < -0.39 is 5.97 Å². The third-order valence-corrected chi connectivity index (χ3v) is 5.32. The highest BCUT2D eigenvalue weighted by Gasteiger charge is 2.34. The maximum atomic E-state index is 12.8. The fourth-order valence-electron chi connectivity index (χ4n) is 3.63. The van der Waals surface area contributed by atoms with E-state index in [9.17, 15) is 14.7 Å². The molecular weight excluding hydrogens is 394 g/mol. The maximum absolute atomic E-state index is 12.8. The van der Waals surface area contributed by atoms with Crippen molar-refractivity contribution in [2.24, 2.45) is 0 Å². The number of para-hydroxylation sites is 1. The largest absolute Gasteiger partial charge is 0.466 e. The number of hydrogen-bond acceptors (Lipinski definition) is 6. The number of methoxy groups -OCH3 is 1. The van der Waals surface area contributed by atoms with Gasteiger partial charge in [-0.2, -0.15) is 0 Å². The molecule has 0 bridgehead atoms. The van der Waals surface area contributed by atoms with Crippen LogP contribution >= 0.6 is 0 Å². The monoisotopic (exact) mass is 423 g/mol. The van der Waals surface area contributed by atoms with E-state index in [4.69, 9.17) is 4.74 Å². The summed E-state index contributed by atoms with van der Waals surface area (Å²) in [4.78, 5) is 28.8. The zero-order chi connectivity index (χ0) is 22.2. The van der Waals surface area contributed by atoms with Gasteiger partial charge in [0.2, 0.25) is 0 Å². The minimum absolute atomic E-state index is 0.117. The molecule has 164 valence electrons. The van der Waals surface area contributed by atoms with Gasteiger partial charge in [0.1, 0.15) is 5.70 Å². The van der Waals surface area contributed by atoms with E-state index in [1.54, 1.807) is 0 Å². The van der Waals surface area contributed by atoms with Gasteiger partial charge >= 0.3 is 5.97 Å². The predicted molar refractivity (Wildman–Crippen MR) is 119 cm³/mol. The van der Waals surface area contributed by atoms with Gasteiger partial charge in [0.25, 0.3) is 5.91 Å². The number of aliphatic hydroxyl groups is 1. The molecule has 0 aliphatic carbocycles. The summed E-state index contributed by atoms with van der Waals surface area (Å²) < 4.78 is 4.87. The zero-order valence-corrected chi connectivity index (χ0v) is 18.0. The van der Waals surface area contributed by atoms with Crippen molar-refractivity contribution in [1.82, 2.24) is 9.80 Å². The number of nitrogens with zero attached hydrogens (tertiary/aromatic N) is 2. The summed E-state index contributed by atoms with van der Waals surface area (Å²) in [7, 11) is 1.29. The molecule has 0 unspecified atom stereocenters. The molecule has 1 amide bonds. The zero-order valence-electron chi connectivity index (χ0n) is 18.0. The Hall–Kier alpha value is -3.16. The summed E-state index contributed by atoms with van der Waals surface area (Å²) in [5.41, 5.74) is 3.50. The van der Waals surface area contributed by atoms with Crippen LogP contribution in [0.2, 0.25) is 0 Å². The SMILES string of the molecule is CCN(Cc1ccccc1)Cc1ccccc1NC1=C(C(=O)OC)CN(CCO)C1=O. The second-order valence-electron chi connectivity index (χ2n) is 7.37. The Kier molecular flexibility index (Phi) is 7.81. The molecule has 3 rings (SSSR count). The van der Waals surface area contributed by atoms with Gasteiger partial charge in [0.05, 0.1) is 25.8 Å². The van der Waals surface area contributed by atoms with Crippen molar-refractivity contribution in [3.8, 4) is 0 Å². The molecule has 2 N–H and O–H groups in total. The second kappa shape index (κ2) is 10.7. The first-order valence-electron chi connectivity index (χ1n) is 10.4. The third kappa shape index (κ3) is 5.51. The van der Waals surface area contributed by atoms with Crippen molar-refractivity contribution in [2.75, 3.05) is 38.7 Å². The average molecular weight is 424 g/mol. The molecule has 1 aliphatic rings. The quantitative estimate of drug-likeness (QED) is 0.571. The number of hydrogen-bond donors (Lipinski definition) is 2. The van der Waals surface area contributed by atoms with Crippen LogP contribution in [-0.4, -0.2) is 60.1 Å². The van der Waals surface area contributed by atoms with Crippen LogP contribution in [0.4, 0.5) is 5.69 Å². The minimum Gasteiger partial charge on any atom is -0.466 e. The normalized spacial score (nSPS) is 13.8. The van der Waals surface area contributed by atoms with Crippen LogP contribution in [0, 0.1) is 0 Å². The van der Waals surface area contributed by atoms with Crippen LogP contribution in [0.3, 0.4) is 0 Å². The summed E-state index contributed by atoms with van der Waals surface area (Å²) in [6, 6.07) is 18.0. The number of benzene rings is 2. The van der Waals surface area contributed by atoms with Crippen LogP contribution in [0.25, 0.3) is 0 Å². The Balaban J connectivity index is 1.83. The number of rotatable bonds is 10. The lowest BCUT2D eigenvalue weighted by atomic mass is 10.1. The van der Waals surface area contributed by atoms with E-state index in [0.717, 1.165) is 24.3 Å². The lowest BCUT2D eigenvalue weighted by molar-refractivity contribution is -0.136. The van der Waals surface area contributed by atoms with E-state index in [2.05, 4.69) is 29.3 Å². The average Bonchev–Trinajstić information content (AvgIpc) is 3.10. The number of esters is 1. The molecule has 7 heteroatoms. The molecule has 7 nitrogen and oxygen atoms in total. The van der Waals surface area contributed by atoms with Gasteiger partial charge in [-0.1, -0.05) is 55.5 Å². The fraction of sp³-hybridized carbons (Fsp3) is 0.333. The Morgan fingerprint density at radius 3 is 2.52 bits per heavy atom. The number of carbonyl (C=O) groups excluding carboxylic acids is 2. The minimum atomic E-state index is -0.548. The van der Waals surface area contributed by atoms with Crippen molar-refractivity contribution >= 4 is 17.6 Å². The van der Waals surface area contributed by atoms with Gasteiger partial charge in [-0.05, 0) is 23.7 Å². The molecule has 1 aliphatic heterocycles. The van der Waals surface area contributed by atoms with E-state index >= 15 is 0 Å². The highest BCUT2D eigenvalue weighted by molar-refractivity contribution is 6.08. The molecule has 0 aromatic heterocycles. The standard InChI is InChI=1S/C24H29N3O4/c1-3-26(15-18-9-5-4-6-10-18)16-19-11-7-8-12-21(19)25-22-20(24(30)31-2)17-27(13-14-28)23(22)29/h4-12,25,28H,3,13-17H2,1-2H3. The maximum Gasteiger partial charge on any atom is 0.337 e. The summed E-state index contributed by atoms with van der Waals surface area (Å²) in [5, 5.41) is 12.4. The number of anilines is 1. The molecule has 0 fully saturated rings. The Morgan fingerprint density at radius 2 is 1.84 bits per heavy atom. The van der Waals surface area contributed by atoms with E-state index in [-0.39, 0.29) is 36.9 Å². The molecule has 0 radical (unpaired) electrons. The van der Waals surface area contributed by atoms with Crippen LogP contribution in [0.15, 0.2) is 65.9 Å². The summed E-state index contributed by atoms with van der Waals surface area (Å²) >= 11 is 0. The first-order valence-corrected chi connectivity index (χ1v) is 10.4. The molecular formula is C24H29N3O4. The molecule has 2 aromatic rings.